The van der Waals surface area contributed by atoms with Gasteiger partial charge in [-0.05, 0) is 48.2 Å². The number of aromatic nitrogens is 2. The highest BCUT2D eigenvalue weighted by Crippen LogP contribution is 2.24. The highest BCUT2D eigenvalue weighted by Gasteiger charge is 2.05. The van der Waals surface area contributed by atoms with E-state index in [1.54, 1.807) is 0 Å². The Balaban J connectivity index is 1.58. The summed E-state index contributed by atoms with van der Waals surface area (Å²) in [6.07, 6.45) is 6.70. The van der Waals surface area contributed by atoms with E-state index in [0.717, 1.165) is 24.5 Å². The van der Waals surface area contributed by atoms with E-state index in [4.69, 9.17) is 16.3 Å². The van der Waals surface area contributed by atoms with E-state index in [0.29, 0.717) is 10.9 Å². The SMILES string of the molecule is CC(Cc1ccc(Oc2cccc(Cl)c2)cc1)Cn1ccnc1. The first kappa shape index (κ1) is 15.6. The van der Waals surface area contributed by atoms with Gasteiger partial charge in [0.1, 0.15) is 11.5 Å². The molecule has 1 aromatic heterocycles. The maximum atomic E-state index is 5.97. The van der Waals surface area contributed by atoms with E-state index in [-0.39, 0.29) is 0 Å². The van der Waals surface area contributed by atoms with Crippen molar-refractivity contribution in [2.75, 3.05) is 0 Å². The van der Waals surface area contributed by atoms with Crippen LogP contribution in [0.5, 0.6) is 11.5 Å². The van der Waals surface area contributed by atoms with Crippen molar-refractivity contribution in [1.29, 1.82) is 0 Å². The molecule has 0 radical (unpaired) electrons. The van der Waals surface area contributed by atoms with Crippen molar-refractivity contribution in [1.82, 2.24) is 9.55 Å². The zero-order chi connectivity index (χ0) is 16.1. The minimum absolute atomic E-state index is 0.545. The molecule has 0 aliphatic carbocycles. The van der Waals surface area contributed by atoms with Gasteiger partial charge in [-0.2, -0.15) is 0 Å². The Morgan fingerprint density at radius 2 is 1.96 bits per heavy atom. The molecule has 0 amide bonds. The zero-order valence-electron chi connectivity index (χ0n) is 13.0. The number of ether oxygens (including phenoxy) is 1. The maximum absolute atomic E-state index is 5.97. The summed E-state index contributed by atoms with van der Waals surface area (Å²) in [6.45, 7) is 3.22. The van der Waals surface area contributed by atoms with Crippen molar-refractivity contribution in [3.63, 3.8) is 0 Å². The highest BCUT2D eigenvalue weighted by molar-refractivity contribution is 6.30. The summed E-state index contributed by atoms with van der Waals surface area (Å²) in [7, 11) is 0. The quantitative estimate of drug-likeness (QED) is 0.622. The Hall–Kier alpha value is -2.26. The smallest absolute Gasteiger partial charge is 0.128 e. The Morgan fingerprint density at radius 1 is 1.13 bits per heavy atom. The van der Waals surface area contributed by atoms with Gasteiger partial charge in [0.25, 0.3) is 0 Å². The summed E-state index contributed by atoms with van der Waals surface area (Å²) in [4.78, 5) is 4.08. The lowest BCUT2D eigenvalue weighted by molar-refractivity contribution is 0.474. The summed E-state index contributed by atoms with van der Waals surface area (Å²) in [5.74, 6) is 2.11. The molecule has 0 aliphatic rings. The van der Waals surface area contributed by atoms with Gasteiger partial charge >= 0.3 is 0 Å². The molecule has 2 aromatic carbocycles. The van der Waals surface area contributed by atoms with Crippen LogP contribution in [-0.2, 0) is 13.0 Å². The topological polar surface area (TPSA) is 27.1 Å². The van der Waals surface area contributed by atoms with Crippen LogP contribution in [0.1, 0.15) is 12.5 Å². The number of halogens is 1. The highest BCUT2D eigenvalue weighted by atomic mass is 35.5. The number of nitrogens with zero attached hydrogens (tertiary/aromatic N) is 2. The monoisotopic (exact) mass is 326 g/mol. The maximum Gasteiger partial charge on any atom is 0.128 e. The largest absolute Gasteiger partial charge is 0.457 e. The molecule has 4 heteroatoms. The molecule has 0 aliphatic heterocycles. The van der Waals surface area contributed by atoms with Crippen molar-refractivity contribution < 1.29 is 4.74 Å². The summed E-state index contributed by atoms with van der Waals surface area (Å²) >= 11 is 5.97. The average molecular weight is 327 g/mol. The molecule has 1 heterocycles. The molecule has 0 saturated heterocycles. The first-order chi connectivity index (χ1) is 11.2. The first-order valence-corrected chi connectivity index (χ1v) is 8.05. The molecular formula is C19H19ClN2O. The fraction of sp³-hybridized carbons (Fsp3) is 0.211. The number of hydrogen-bond acceptors (Lipinski definition) is 2. The van der Waals surface area contributed by atoms with Crippen LogP contribution in [0.2, 0.25) is 5.02 Å². The lowest BCUT2D eigenvalue weighted by Gasteiger charge is -2.13. The summed E-state index contributed by atoms with van der Waals surface area (Å²) in [5.41, 5.74) is 1.30. The van der Waals surface area contributed by atoms with Crippen LogP contribution in [0, 0.1) is 5.92 Å². The molecule has 3 aromatic rings. The van der Waals surface area contributed by atoms with Crippen LogP contribution in [0.15, 0.2) is 67.3 Å². The van der Waals surface area contributed by atoms with E-state index >= 15 is 0 Å². The van der Waals surface area contributed by atoms with Gasteiger partial charge in [0, 0.05) is 24.0 Å². The Labute approximate surface area is 141 Å². The van der Waals surface area contributed by atoms with Crippen molar-refractivity contribution in [3.8, 4) is 11.5 Å². The van der Waals surface area contributed by atoms with Crippen molar-refractivity contribution in [2.45, 2.75) is 19.9 Å². The van der Waals surface area contributed by atoms with E-state index in [1.807, 2.05) is 55.1 Å². The van der Waals surface area contributed by atoms with Crippen molar-refractivity contribution in [2.24, 2.45) is 5.92 Å². The molecule has 118 valence electrons. The number of imidazole rings is 1. The molecule has 1 atom stereocenters. The van der Waals surface area contributed by atoms with Crippen LogP contribution < -0.4 is 4.74 Å². The standard InChI is InChI=1S/C19H19ClN2O/c1-15(13-22-10-9-21-14-22)11-16-5-7-18(8-6-16)23-19-4-2-3-17(20)12-19/h2-10,12,14-15H,11,13H2,1H3. The Morgan fingerprint density at radius 3 is 2.65 bits per heavy atom. The second-order valence-corrected chi connectivity index (χ2v) is 6.21. The van der Waals surface area contributed by atoms with Crippen molar-refractivity contribution in [3.05, 3.63) is 77.8 Å². The predicted molar refractivity (Wildman–Crippen MR) is 93.1 cm³/mol. The fourth-order valence-corrected chi connectivity index (χ4v) is 2.76. The minimum Gasteiger partial charge on any atom is -0.457 e. The average Bonchev–Trinajstić information content (AvgIpc) is 3.02. The van der Waals surface area contributed by atoms with Gasteiger partial charge in [0.2, 0.25) is 0 Å². The van der Waals surface area contributed by atoms with Crippen molar-refractivity contribution >= 4 is 11.6 Å². The first-order valence-electron chi connectivity index (χ1n) is 7.67. The minimum atomic E-state index is 0.545. The Bertz CT molecular complexity index is 738. The summed E-state index contributed by atoms with van der Waals surface area (Å²) in [5, 5.41) is 0.674. The van der Waals surface area contributed by atoms with E-state index in [9.17, 15) is 0 Å². The zero-order valence-corrected chi connectivity index (χ0v) is 13.8. The lowest BCUT2D eigenvalue weighted by atomic mass is 10.0. The van der Waals surface area contributed by atoms with Gasteiger partial charge in [-0.1, -0.05) is 36.7 Å². The van der Waals surface area contributed by atoms with Gasteiger partial charge in [0.05, 0.1) is 6.33 Å². The summed E-state index contributed by atoms with van der Waals surface area (Å²) < 4.78 is 7.92. The number of benzene rings is 2. The van der Waals surface area contributed by atoms with Crippen LogP contribution in [-0.4, -0.2) is 9.55 Å². The fourth-order valence-electron chi connectivity index (χ4n) is 2.58. The molecule has 3 nitrogen and oxygen atoms in total. The van der Waals surface area contributed by atoms with Gasteiger partial charge < -0.3 is 9.30 Å². The van der Waals surface area contributed by atoms with Crippen LogP contribution in [0.4, 0.5) is 0 Å². The van der Waals surface area contributed by atoms with E-state index < -0.39 is 0 Å². The number of hydrogen-bond donors (Lipinski definition) is 0. The van der Waals surface area contributed by atoms with Gasteiger partial charge in [-0.15, -0.1) is 0 Å². The molecule has 0 bridgehead atoms. The van der Waals surface area contributed by atoms with Crippen LogP contribution >= 0.6 is 11.6 Å². The third-order valence-electron chi connectivity index (χ3n) is 3.62. The molecule has 0 N–H and O–H groups in total. The summed E-state index contributed by atoms with van der Waals surface area (Å²) in [6, 6.07) is 15.6. The number of rotatable bonds is 6. The van der Waals surface area contributed by atoms with Crippen LogP contribution in [0.3, 0.4) is 0 Å². The molecule has 1 unspecified atom stereocenters. The Kier molecular flexibility index (Phi) is 4.99. The third-order valence-corrected chi connectivity index (χ3v) is 3.86. The third kappa shape index (κ3) is 4.60. The van der Waals surface area contributed by atoms with E-state index in [1.165, 1.54) is 5.56 Å². The van der Waals surface area contributed by atoms with E-state index in [2.05, 4.69) is 28.6 Å². The second kappa shape index (κ2) is 7.34. The molecule has 0 saturated carbocycles. The lowest BCUT2D eigenvalue weighted by Crippen LogP contribution is -2.08. The molecule has 23 heavy (non-hydrogen) atoms. The molecule has 0 spiro atoms. The normalized spacial score (nSPS) is 12.1. The van der Waals surface area contributed by atoms with Gasteiger partial charge in [-0.25, -0.2) is 4.98 Å². The van der Waals surface area contributed by atoms with Crippen LogP contribution in [0.25, 0.3) is 0 Å². The molecule has 3 rings (SSSR count). The molecular weight excluding hydrogens is 308 g/mol. The van der Waals surface area contributed by atoms with Gasteiger partial charge in [-0.3, -0.25) is 0 Å². The predicted octanol–water partition coefficient (Wildman–Crippen LogP) is 5.21. The second-order valence-electron chi connectivity index (χ2n) is 5.77. The van der Waals surface area contributed by atoms with Gasteiger partial charge in [0.15, 0.2) is 0 Å². The molecule has 0 fully saturated rings.